The number of carbonyl (C=O) groups is 7. The number of fused-ring (bicyclic) bond motifs is 56. The largest absolute Gasteiger partial charge is 0.465 e. The molecular weight excluding hydrogens is 1830 g/mol. The van der Waals surface area contributed by atoms with Crippen LogP contribution in [0.3, 0.4) is 0 Å². The quantitative estimate of drug-likeness (QED) is 0.116. The van der Waals surface area contributed by atoms with E-state index in [4.69, 9.17) is 37.9 Å². The Hall–Kier alpha value is -3.79. The molecule has 30 saturated carbocycles. The summed E-state index contributed by atoms with van der Waals surface area (Å²) >= 11 is 0. The van der Waals surface area contributed by atoms with Gasteiger partial charge in [0.1, 0.15) is 16.8 Å². The van der Waals surface area contributed by atoms with Crippen molar-refractivity contribution in [2.75, 3.05) is 19.8 Å². The van der Waals surface area contributed by atoms with Crippen LogP contribution in [0.15, 0.2) is 0 Å². The van der Waals surface area contributed by atoms with Gasteiger partial charge in [0.15, 0.2) is 0 Å². The number of cyclic esters (lactones) is 1. The van der Waals surface area contributed by atoms with Gasteiger partial charge in [0.25, 0.3) is 0 Å². The third-order valence-corrected chi connectivity index (χ3v) is 55.7. The first-order chi connectivity index (χ1) is 69.9. The highest BCUT2D eigenvalue weighted by atomic mass is 16.7. The van der Waals surface area contributed by atoms with Crippen molar-refractivity contribution < 1.29 is 76.6 Å². The Morgan fingerprint density at radius 1 is 0.313 bits per heavy atom. The van der Waals surface area contributed by atoms with E-state index in [-0.39, 0.29) is 106 Å². The summed E-state index contributed by atoms with van der Waals surface area (Å²) < 4.78 is 45.2. The van der Waals surface area contributed by atoms with Crippen molar-refractivity contribution >= 4 is 41.8 Å². The summed E-state index contributed by atoms with van der Waals surface area (Å²) in [6.45, 7) is 54.4. The van der Waals surface area contributed by atoms with Crippen LogP contribution in [0.1, 0.15) is 345 Å². The first-order valence-electron chi connectivity index (χ1n) is 63.6. The maximum absolute atomic E-state index is 13.6. The Morgan fingerprint density at radius 2 is 0.612 bits per heavy atom. The maximum atomic E-state index is 13.6. The number of aliphatic hydroxyl groups excluding tert-OH is 1. The lowest BCUT2D eigenvalue weighted by Gasteiger charge is -2.59. The van der Waals surface area contributed by atoms with Crippen LogP contribution in [-0.4, -0.2) is 102 Å². The predicted octanol–water partition coefficient (Wildman–Crippen LogP) is 26.0. The zero-order valence-corrected chi connectivity index (χ0v) is 95.3. The Morgan fingerprint density at radius 3 is 0.932 bits per heavy atom. The average Bonchev–Trinajstić information content (AvgIpc) is 1.52. The lowest BCUT2D eigenvalue weighted by molar-refractivity contribution is -0.209. The monoisotopic (exact) mass is 2030 g/mol. The van der Waals surface area contributed by atoms with Gasteiger partial charge < -0.3 is 43.0 Å². The van der Waals surface area contributed by atoms with Gasteiger partial charge in [0.2, 0.25) is 12.4 Å². The fraction of sp³-hybridized carbons (Fsp3) is 0.947. The van der Waals surface area contributed by atoms with Gasteiger partial charge in [0.05, 0.1) is 61.4 Å². The van der Waals surface area contributed by atoms with Crippen molar-refractivity contribution in [3.63, 3.8) is 0 Å². The van der Waals surface area contributed by atoms with E-state index in [1.54, 1.807) is 0 Å². The van der Waals surface area contributed by atoms with Crippen LogP contribution in [0.25, 0.3) is 0 Å². The molecule has 32 aliphatic rings. The fourth-order valence-electron chi connectivity index (χ4n) is 49.4. The van der Waals surface area contributed by atoms with Gasteiger partial charge in [-0.1, -0.05) is 111 Å². The standard InChI is InChI=1S/C26H38O2.C20H30O3.C19H26O4.2C19H30O2.C14H24O2.C14H22O/c1-12-13(2)20-11-19(12)23-16-9-21(24(20)23)22(10-16)25(27)28-26(3)17-5-14-4-15(7-17)8-18(26)6-14;1-10-11(2)14-9-13(10)18-12-7-15(19(14)18)16(8-12)20(21)23-17-5-3-4-6-22-17;1-8-9(2)12-7-11(8)16-10-5-13(17(12)16)14(6-10)18(20)23-15-3-4-22-19(15)21;2*1-9-10(2)13-8-12(9)16-11-6-14(17(13)16)15(7-11)18(20)21-19(3,4)5;1-8(2)7-16-14(15)13-6-11-5-12(13)10(4)9(11)3;1-6-7(2)10-5-9(6)13-8-3-11(14(10)13)12(15)4-8/h12-24H,4-11H2,1-3H3;10-19H,3-9H2,1-2H3;8-17H,3-7H2,1-2H3;2*9-17H,6-8H2,1-5H3;8-13H,5-7H2,1-4H3;6-15H,3-5H2,1-2H3. The van der Waals surface area contributed by atoms with Crippen molar-refractivity contribution in [3.8, 4) is 0 Å². The van der Waals surface area contributed by atoms with Crippen molar-refractivity contribution in [1.82, 2.24) is 0 Å². The van der Waals surface area contributed by atoms with Crippen LogP contribution < -0.4 is 0 Å². The summed E-state index contributed by atoms with van der Waals surface area (Å²) in [6.07, 6.45) is 35.1. The van der Waals surface area contributed by atoms with Gasteiger partial charge in [-0.15, -0.1) is 0 Å². The van der Waals surface area contributed by atoms with Gasteiger partial charge in [-0.05, 0) is 559 Å². The molecule has 2 aliphatic heterocycles. The molecule has 0 radical (unpaired) electrons. The first kappa shape index (κ1) is 104. The van der Waals surface area contributed by atoms with E-state index >= 15 is 0 Å². The molecule has 0 spiro atoms. The SMILES string of the molecule is CC(C)COC(=O)C1CC2CC1C(C)C2C.CC1C(C)C2CC1C1C3CC(C(=O)OC(C)(C)C)C(C3)C21.CC1C(C)C2CC1C1C3CC(C(=O)OC(C)(C)C)C(C3)C21.CC1C(C)C2CC1C1C3CC(C(=O)OC4(C)C5CC6CC(C5)CC4C6)C(C3)C21.CC1C(C)C2CC1C1C3CC(C(=O)OC4CCCCO4)C(C3)C21.CC1C(C)C2CC1C1C3CC(C(=O)OC4CCOC4=O)C(C3)C21.CC1C(C)C2CC1C1C3CC(O)C(C3)C21. The summed E-state index contributed by atoms with van der Waals surface area (Å²) in [7, 11) is 0. The number of hydrogen-bond acceptors (Lipinski definition) is 16. The predicted molar refractivity (Wildman–Crippen MR) is 564 cm³/mol. The highest BCUT2D eigenvalue weighted by Crippen LogP contribution is 2.79. The summed E-state index contributed by atoms with van der Waals surface area (Å²) in [5.41, 5.74) is -0.814. The van der Waals surface area contributed by atoms with E-state index in [1.165, 1.54) is 116 Å². The minimum Gasteiger partial charge on any atom is -0.465 e. The third kappa shape index (κ3) is 16.6. The van der Waals surface area contributed by atoms with Gasteiger partial charge in [-0.3, -0.25) is 28.8 Å². The van der Waals surface area contributed by atoms with E-state index in [9.17, 15) is 38.7 Å². The van der Waals surface area contributed by atoms with Crippen LogP contribution in [-0.2, 0) is 71.5 Å². The summed E-state index contributed by atoms with van der Waals surface area (Å²) in [6, 6.07) is 0. The van der Waals surface area contributed by atoms with Crippen molar-refractivity contribution in [2.24, 2.45) is 373 Å². The number of rotatable bonds is 11. The maximum Gasteiger partial charge on any atom is 0.347 e. The molecule has 61 unspecified atom stereocenters. The van der Waals surface area contributed by atoms with Gasteiger partial charge in [-0.25, -0.2) is 4.79 Å². The Bertz CT molecular complexity index is 4800. The lowest BCUT2D eigenvalue weighted by atomic mass is 9.50. The minimum absolute atomic E-state index is 0.0384. The normalized spacial score (nSPS) is 57.2. The van der Waals surface area contributed by atoms with Crippen LogP contribution in [0.4, 0.5) is 0 Å². The molecule has 2 heterocycles. The second-order valence-electron chi connectivity index (χ2n) is 62.9. The Balaban J connectivity index is 0.0000000900. The summed E-state index contributed by atoms with van der Waals surface area (Å²) in [5, 5.41) is 10.0. The molecule has 0 amide bonds. The Kier molecular flexibility index (Phi) is 26.8. The minimum atomic E-state index is -0.642. The molecule has 16 nitrogen and oxygen atoms in total. The number of ether oxygens (including phenoxy) is 8. The van der Waals surface area contributed by atoms with Gasteiger partial charge in [0, 0.05) is 12.8 Å². The van der Waals surface area contributed by atoms with Crippen LogP contribution in [0.2, 0.25) is 0 Å². The van der Waals surface area contributed by atoms with Crippen molar-refractivity contribution in [2.45, 2.75) is 381 Å². The van der Waals surface area contributed by atoms with Crippen molar-refractivity contribution in [1.29, 1.82) is 0 Å². The van der Waals surface area contributed by atoms with E-state index in [0.717, 1.165) is 343 Å². The molecule has 30 bridgehead atoms. The van der Waals surface area contributed by atoms with E-state index < -0.39 is 6.10 Å². The summed E-state index contributed by atoms with van der Waals surface area (Å²) in [4.78, 5) is 87.6. The van der Waals surface area contributed by atoms with Crippen LogP contribution >= 0.6 is 0 Å². The van der Waals surface area contributed by atoms with Gasteiger partial charge in [-0.2, -0.15) is 0 Å². The number of esters is 7. The van der Waals surface area contributed by atoms with Crippen LogP contribution in [0, 0.1) is 373 Å². The number of aliphatic hydroxyl groups is 1. The topological polar surface area (TPSA) is 214 Å². The number of hydrogen-bond donors (Lipinski definition) is 1. The molecule has 32 fully saturated rings. The molecule has 61 atom stereocenters. The average molecular weight is 2030 g/mol. The molecule has 0 aromatic carbocycles. The molecule has 0 aromatic rings. The number of carbonyl (C=O) groups excluding carboxylic acids is 7. The second kappa shape index (κ2) is 38.0. The molecule has 30 aliphatic carbocycles. The smallest absolute Gasteiger partial charge is 0.347 e. The highest BCUT2D eigenvalue weighted by Gasteiger charge is 2.75. The molecule has 2 saturated heterocycles. The van der Waals surface area contributed by atoms with Crippen LogP contribution in [0.5, 0.6) is 0 Å². The highest BCUT2D eigenvalue weighted by molar-refractivity contribution is 5.82. The molecular formula is C131H200O16. The molecule has 32 rings (SSSR count). The molecule has 16 heteroatoms. The van der Waals surface area contributed by atoms with E-state index in [1.807, 2.05) is 41.5 Å². The van der Waals surface area contributed by atoms with Gasteiger partial charge >= 0.3 is 41.8 Å². The lowest BCUT2D eigenvalue weighted by Crippen LogP contribution is -2.58. The third-order valence-electron chi connectivity index (χ3n) is 55.7. The summed E-state index contributed by atoms with van der Waals surface area (Å²) in [5.74, 6) is 48.9. The Labute approximate surface area is 886 Å². The molecule has 1 N–H and O–H groups in total. The van der Waals surface area contributed by atoms with E-state index in [0.29, 0.717) is 84.7 Å². The molecule has 147 heavy (non-hydrogen) atoms. The van der Waals surface area contributed by atoms with Crippen molar-refractivity contribution in [3.05, 3.63) is 0 Å². The zero-order chi connectivity index (χ0) is 103. The first-order valence-corrected chi connectivity index (χ1v) is 63.6. The molecule has 0 aromatic heterocycles. The second-order valence-corrected chi connectivity index (χ2v) is 62.9. The molecule has 820 valence electrons. The fourth-order valence-corrected chi connectivity index (χ4v) is 49.4. The van der Waals surface area contributed by atoms with E-state index in [2.05, 4.69) is 118 Å². The zero-order valence-electron chi connectivity index (χ0n) is 95.3.